The number of rotatable bonds is 10. The Morgan fingerprint density at radius 3 is 1.33 bits per heavy atom. The second-order valence-electron chi connectivity index (χ2n) is 3.40. The highest BCUT2D eigenvalue weighted by Crippen LogP contribution is 2.23. The second-order valence-corrected chi connectivity index (χ2v) is 3.40. The van der Waals surface area contributed by atoms with E-state index < -0.39 is 0 Å². The van der Waals surface area contributed by atoms with E-state index in [1.54, 1.807) is 0 Å². The molecule has 0 aliphatic rings. The van der Waals surface area contributed by atoms with Crippen molar-refractivity contribution in [1.29, 1.82) is 0 Å². The lowest BCUT2D eigenvalue weighted by molar-refractivity contribution is -0.0595. The van der Waals surface area contributed by atoms with Gasteiger partial charge >= 0.3 is 0 Å². The molecule has 86 valence electrons. The van der Waals surface area contributed by atoms with E-state index in [0.717, 1.165) is 6.42 Å². The van der Waals surface area contributed by atoms with Crippen LogP contribution < -0.4 is 0 Å². The van der Waals surface area contributed by atoms with Crippen LogP contribution in [0.4, 0.5) is 0 Å². The highest BCUT2D eigenvalue weighted by Gasteiger charge is 2.29. The Bertz CT molecular complexity index is 115. The Balaban J connectivity index is 4.16. The van der Waals surface area contributed by atoms with Crippen molar-refractivity contribution in [1.82, 2.24) is 0 Å². The summed E-state index contributed by atoms with van der Waals surface area (Å²) >= 11 is 0. The lowest BCUT2D eigenvalue weighted by Gasteiger charge is -2.31. The van der Waals surface area contributed by atoms with E-state index in [-0.39, 0.29) is 25.2 Å². The number of hydrogen-bond donors (Lipinski definition) is 0. The van der Waals surface area contributed by atoms with Gasteiger partial charge in [-0.15, -0.1) is 0 Å². The van der Waals surface area contributed by atoms with Gasteiger partial charge in [-0.1, -0.05) is 6.92 Å². The summed E-state index contributed by atoms with van der Waals surface area (Å²) in [5.41, 5.74) is -0.210. The first kappa shape index (κ1) is 14.9. The SMILES string of the molecule is [CH]COCC(CC)(COC[CH])COC[CH]. The van der Waals surface area contributed by atoms with Crippen molar-refractivity contribution in [3.8, 4) is 0 Å². The molecule has 0 saturated carbocycles. The molecule has 3 heteroatoms. The van der Waals surface area contributed by atoms with E-state index in [2.05, 4.69) is 0 Å². The van der Waals surface area contributed by atoms with Gasteiger partial charge in [0.2, 0.25) is 0 Å². The van der Waals surface area contributed by atoms with Crippen molar-refractivity contribution in [3.63, 3.8) is 0 Å². The van der Waals surface area contributed by atoms with Crippen molar-refractivity contribution in [2.45, 2.75) is 13.3 Å². The Morgan fingerprint density at radius 1 is 0.800 bits per heavy atom. The topological polar surface area (TPSA) is 27.7 Å². The molecule has 0 aromatic rings. The van der Waals surface area contributed by atoms with Gasteiger partial charge in [-0.2, -0.15) is 0 Å². The maximum atomic E-state index is 5.29. The molecule has 0 atom stereocenters. The Morgan fingerprint density at radius 2 is 1.13 bits per heavy atom. The zero-order chi connectivity index (χ0) is 11.6. The smallest absolute Gasteiger partial charge is 0.0566 e. The van der Waals surface area contributed by atoms with Crippen molar-refractivity contribution in [2.24, 2.45) is 5.41 Å². The summed E-state index contributed by atoms with van der Waals surface area (Å²) in [5.74, 6) is 0. The van der Waals surface area contributed by atoms with Gasteiger partial charge in [-0.05, 0) is 27.2 Å². The van der Waals surface area contributed by atoms with Gasteiger partial charge in [0.1, 0.15) is 0 Å². The van der Waals surface area contributed by atoms with Crippen LogP contribution in [0.1, 0.15) is 13.3 Å². The van der Waals surface area contributed by atoms with Crippen LogP contribution in [0, 0.1) is 26.2 Å². The minimum absolute atomic E-state index is 0.188. The van der Waals surface area contributed by atoms with E-state index in [1.807, 2.05) is 6.92 Å². The summed E-state index contributed by atoms with van der Waals surface area (Å²) in [7, 11) is 0. The van der Waals surface area contributed by atoms with Crippen LogP contribution in [0.5, 0.6) is 0 Å². The molecule has 3 nitrogen and oxygen atoms in total. The highest BCUT2D eigenvalue weighted by molar-refractivity contribution is 4.78. The Kier molecular flexibility index (Phi) is 9.06. The normalized spacial score (nSPS) is 12.0. The predicted octanol–water partition coefficient (Wildman–Crippen LogP) is 1.57. The summed E-state index contributed by atoms with van der Waals surface area (Å²) in [5, 5.41) is 0. The van der Waals surface area contributed by atoms with Gasteiger partial charge in [0.25, 0.3) is 0 Å². The number of hydrogen-bond acceptors (Lipinski definition) is 3. The molecule has 15 heavy (non-hydrogen) atoms. The van der Waals surface area contributed by atoms with Crippen molar-refractivity contribution < 1.29 is 14.2 Å². The van der Waals surface area contributed by atoms with Gasteiger partial charge in [-0.3, -0.25) is 0 Å². The average Bonchev–Trinajstić information content (AvgIpc) is 2.29. The first-order valence-corrected chi connectivity index (χ1v) is 5.08. The molecule has 0 spiro atoms. The van der Waals surface area contributed by atoms with Gasteiger partial charge in [-0.25, -0.2) is 0 Å². The van der Waals surface area contributed by atoms with E-state index in [9.17, 15) is 0 Å². The van der Waals surface area contributed by atoms with Crippen molar-refractivity contribution >= 4 is 0 Å². The van der Waals surface area contributed by atoms with Crippen LogP contribution >= 0.6 is 0 Å². The molecule has 0 heterocycles. The average molecular weight is 212 g/mol. The maximum absolute atomic E-state index is 5.29. The van der Waals surface area contributed by atoms with Crippen LogP contribution in [0.15, 0.2) is 0 Å². The molecule has 0 aliphatic heterocycles. The summed E-state index contributed by atoms with van der Waals surface area (Å²) < 4.78 is 15.7. The molecular formula is C12H20O3. The molecule has 0 aromatic heterocycles. The lowest BCUT2D eigenvalue weighted by Crippen LogP contribution is -2.37. The third-order valence-corrected chi connectivity index (χ3v) is 2.33. The quantitative estimate of drug-likeness (QED) is 0.550. The van der Waals surface area contributed by atoms with Crippen LogP contribution in [0.2, 0.25) is 0 Å². The third kappa shape index (κ3) is 6.13. The van der Waals surface area contributed by atoms with Gasteiger partial charge < -0.3 is 14.2 Å². The minimum atomic E-state index is -0.210. The predicted molar refractivity (Wildman–Crippen MR) is 58.1 cm³/mol. The fourth-order valence-electron chi connectivity index (χ4n) is 1.26. The molecule has 6 radical (unpaired) electrons. The Labute approximate surface area is 94.1 Å². The fraction of sp³-hybridized carbons (Fsp3) is 0.750. The molecule has 0 aromatic carbocycles. The van der Waals surface area contributed by atoms with E-state index in [1.165, 1.54) is 0 Å². The molecular weight excluding hydrogens is 192 g/mol. The summed E-state index contributed by atoms with van der Waals surface area (Å²) in [6.45, 7) is 19.9. The summed E-state index contributed by atoms with van der Waals surface area (Å²) in [6.07, 6.45) is 0.854. The Hall–Kier alpha value is -0.120. The van der Waals surface area contributed by atoms with Gasteiger partial charge in [0.15, 0.2) is 0 Å². The molecule has 0 rings (SSSR count). The summed E-state index contributed by atoms with van der Waals surface area (Å²) in [6, 6.07) is 0. The standard InChI is InChI=1S/C12H20O3/c1-5-12(9-13-6-2,10-14-7-3)11-15-8-4/h2-4H,5-11H2,1H3. The molecule has 0 bridgehead atoms. The lowest BCUT2D eigenvalue weighted by atomic mass is 9.88. The zero-order valence-corrected chi connectivity index (χ0v) is 9.41. The van der Waals surface area contributed by atoms with E-state index in [0.29, 0.717) is 19.8 Å². The molecule has 0 aliphatic carbocycles. The maximum Gasteiger partial charge on any atom is 0.0566 e. The third-order valence-electron chi connectivity index (χ3n) is 2.33. The minimum Gasteiger partial charge on any atom is -0.380 e. The molecule has 0 amide bonds. The number of ether oxygens (including phenoxy) is 3. The molecule has 0 saturated heterocycles. The largest absolute Gasteiger partial charge is 0.380 e. The van der Waals surface area contributed by atoms with Crippen LogP contribution in [0.3, 0.4) is 0 Å². The first-order valence-electron chi connectivity index (χ1n) is 5.08. The first-order chi connectivity index (χ1) is 7.24. The molecule has 0 fully saturated rings. The van der Waals surface area contributed by atoms with Crippen LogP contribution in [0.25, 0.3) is 0 Å². The zero-order valence-electron chi connectivity index (χ0n) is 9.41. The van der Waals surface area contributed by atoms with Crippen LogP contribution in [-0.2, 0) is 14.2 Å². The second kappa shape index (κ2) is 9.13. The fourth-order valence-corrected chi connectivity index (χ4v) is 1.26. The van der Waals surface area contributed by atoms with Crippen LogP contribution in [-0.4, -0.2) is 39.6 Å². The highest BCUT2D eigenvalue weighted by atomic mass is 16.5. The van der Waals surface area contributed by atoms with Gasteiger partial charge in [0.05, 0.1) is 39.6 Å². The van der Waals surface area contributed by atoms with Crippen molar-refractivity contribution in [2.75, 3.05) is 39.6 Å². The summed E-state index contributed by atoms with van der Waals surface area (Å²) in [4.78, 5) is 0. The van der Waals surface area contributed by atoms with E-state index in [4.69, 9.17) is 35.0 Å². The van der Waals surface area contributed by atoms with Crippen molar-refractivity contribution in [3.05, 3.63) is 20.8 Å². The van der Waals surface area contributed by atoms with E-state index >= 15 is 0 Å². The monoisotopic (exact) mass is 212 g/mol. The molecule has 0 unspecified atom stereocenters. The molecule has 0 N–H and O–H groups in total. The van der Waals surface area contributed by atoms with Gasteiger partial charge in [0, 0.05) is 5.41 Å².